The van der Waals surface area contributed by atoms with Gasteiger partial charge in [-0.1, -0.05) is 20.8 Å². The van der Waals surface area contributed by atoms with Crippen LogP contribution in [-0.2, 0) is 14.3 Å². The van der Waals surface area contributed by atoms with Gasteiger partial charge in [-0.2, -0.15) is 0 Å². The molecule has 1 heterocycles. The van der Waals surface area contributed by atoms with E-state index in [9.17, 15) is 14.7 Å². The van der Waals surface area contributed by atoms with Crippen molar-refractivity contribution in [3.63, 3.8) is 0 Å². The topological polar surface area (TPSA) is 66.9 Å². The molecular formula is C22H31ClO4. The molecule has 0 radical (unpaired) electrons. The normalized spacial score (nSPS) is 58.7. The first-order valence-electron chi connectivity index (χ1n) is 10.7. The first-order valence-corrected chi connectivity index (χ1v) is 11.2. The Morgan fingerprint density at radius 3 is 2.70 bits per heavy atom. The van der Waals surface area contributed by atoms with Gasteiger partial charge in [0, 0.05) is 23.7 Å². The second kappa shape index (κ2) is 5.37. The molecule has 0 amide bonds. The summed E-state index contributed by atoms with van der Waals surface area (Å²) in [5.74, 6) is 1.04. The molecule has 5 aliphatic rings. The number of ketones is 2. The van der Waals surface area contributed by atoms with Crippen LogP contribution >= 0.6 is 11.6 Å². The van der Waals surface area contributed by atoms with Crippen molar-refractivity contribution in [2.45, 2.75) is 83.0 Å². The predicted octanol–water partition coefficient (Wildman–Crippen LogP) is 3.51. The Kier molecular flexibility index (Phi) is 3.69. The van der Waals surface area contributed by atoms with Crippen LogP contribution in [0.1, 0.15) is 65.7 Å². The summed E-state index contributed by atoms with van der Waals surface area (Å²) in [7, 11) is 0. The highest BCUT2D eigenvalue weighted by Crippen LogP contribution is 2.77. The van der Waals surface area contributed by atoms with E-state index in [-0.39, 0.29) is 40.6 Å². The molecule has 5 fully saturated rings. The summed E-state index contributed by atoms with van der Waals surface area (Å²) in [4.78, 5) is 24.8. The Morgan fingerprint density at radius 2 is 2.00 bits per heavy atom. The smallest absolute Gasteiger partial charge is 0.179 e. The third-order valence-electron chi connectivity index (χ3n) is 9.98. The molecule has 1 N–H and O–H groups in total. The standard InChI is InChI=1S/C22H31ClO4/c1-12-8-16-15-5-4-13-9-14(24)6-7-19(13,2)22(15)18(27-22)10-20(16,3)21(12,26)17(25)11-23/h12-13,15-16,18,26H,4-11H2,1-3H3/t12-,13-,15+,16+,18?,19+,20+,21+,22+/m1/s1. The molecule has 5 heteroatoms. The number of carbonyl (C=O) groups is 2. The fourth-order valence-electron chi connectivity index (χ4n) is 8.54. The van der Waals surface area contributed by atoms with E-state index < -0.39 is 11.0 Å². The van der Waals surface area contributed by atoms with Crippen molar-refractivity contribution in [3.8, 4) is 0 Å². The molecule has 0 aromatic heterocycles. The third kappa shape index (κ3) is 1.89. The minimum atomic E-state index is -1.35. The van der Waals surface area contributed by atoms with Crippen LogP contribution in [0.25, 0.3) is 0 Å². The summed E-state index contributed by atoms with van der Waals surface area (Å²) >= 11 is 5.92. The monoisotopic (exact) mass is 394 g/mol. The van der Waals surface area contributed by atoms with Gasteiger partial charge in [-0.25, -0.2) is 0 Å². The van der Waals surface area contributed by atoms with Crippen LogP contribution < -0.4 is 0 Å². The molecule has 4 saturated carbocycles. The number of rotatable bonds is 2. The molecule has 4 aliphatic carbocycles. The molecule has 150 valence electrons. The zero-order valence-electron chi connectivity index (χ0n) is 16.6. The summed E-state index contributed by atoms with van der Waals surface area (Å²) in [6.45, 7) is 6.48. The minimum absolute atomic E-state index is 0.0518. The molecule has 4 nitrogen and oxygen atoms in total. The van der Waals surface area contributed by atoms with Crippen LogP contribution in [0.5, 0.6) is 0 Å². The maximum absolute atomic E-state index is 12.8. The van der Waals surface area contributed by atoms with E-state index in [1.165, 1.54) is 0 Å². The molecular weight excluding hydrogens is 364 g/mol. The van der Waals surface area contributed by atoms with Crippen molar-refractivity contribution >= 4 is 23.2 Å². The van der Waals surface area contributed by atoms with Crippen molar-refractivity contribution < 1.29 is 19.4 Å². The van der Waals surface area contributed by atoms with Gasteiger partial charge in [0.1, 0.15) is 17.0 Å². The number of ether oxygens (including phenoxy) is 1. The lowest BCUT2D eigenvalue weighted by Crippen LogP contribution is -2.63. The van der Waals surface area contributed by atoms with E-state index in [1.54, 1.807) is 0 Å². The van der Waals surface area contributed by atoms with E-state index in [2.05, 4.69) is 13.8 Å². The highest BCUT2D eigenvalue weighted by atomic mass is 35.5. The molecule has 1 saturated heterocycles. The highest BCUT2D eigenvalue weighted by Gasteiger charge is 2.82. The fraction of sp³-hybridized carbons (Fsp3) is 0.909. The second-order valence-electron chi connectivity index (χ2n) is 10.6. The SMILES string of the molecule is C[C@@H]1C[C@H]2[C@@H]3CC[C@@H]4CC(=O)CC[C@]4(C)[C@]34OC4C[C@]2(C)[C@@]1(O)C(=O)CCl. The number of hydrogen-bond donors (Lipinski definition) is 1. The Hall–Kier alpha value is -0.450. The van der Waals surface area contributed by atoms with E-state index in [0.717, 1.165) is 32.1 Å². The van der Waals surface area contributed by atoms with Gasteiger partial charge in [-0.15, -0.1) is 11.6 Å². The van der Waals surface area contributed by atoms with Crippen LogP contribution in [0.2, 0.25) is 0 Å². The molecule has 1 spiro atoms. The minimum Gasteiger partial charge on any atom is -0.381 e. The molecule has 9 atom stereocenters. The quantitative estimate of drug-likeness (QED) is 0.574. The lowest BCUT2D eigenvalue weighted by atomic mass is 9.44. The number of hydrogen-bond acceptors (Lipinski definition) is 4. The predicted molar refractivity (Wildman–Crippen MR) is 101 cm³/mol. The van der Waals surface area contributed by atoms with Gasteiger partial charge in [0.25, 0.3) is 0 Å². The Bertz CT molecular complexity index is 723. The van der Waals surface area contributed by atoms with Gasteiger partial charge in [-0.05, 0) is 55.8 Å². The Balaban J connectivity index is 1.56. The van der Waals surface area contributed by atoms with Crippen molar-refractivity contribution in [1.82, 2.24) is 0 Å². The zero-order chi connectivity index (χ0) is 19.4. The van der Waals surface area contributed by atoms with Crippen molar-refractivity contribution in [2.75, 3.05) is 5.88 Å². The molecule has 1 unspecified atom stereocenters. The molecule has 0 aromatic carbocycles. The number of halogens is 1. The molecule has 0 bridgehead atoms. The summed E-state index contributed by atoms with van der Waals surface area (Å²) in [5, 5.41) is 11.6. The number of carbonyl (C=O) groups excluding carboxylic acids is 2. The summed E-state index contributed by atoms with van der Waals surface area (Å²) in [5.41, 5.74) is -1.91. The van der Waals surface area contributed by atoms with Crippen LogP contribution in [0.3, 0.4) is 0 Å². The van der Waals surface area contributed by atoms with Crippen molar-refractivity contribution in [3.05, 3.63) is 0 Å². The second-order valence-corrected chi connectivity index (χ2v) is 10.9. The molecule has 0 aromatic rings. The average Bonchev–Trinajstić information content (AvgIpc) is 3.31. The van der Waals surface area contributed by atoms with E-state index in [4.69, 9.17) is 16.3 Å². The third-order valence-corrected chi connectivity index (χ3v) is 10.2. The maximum Gasteiger partial charge on any atom is 0.179 e. The largest absolute Gasteiger partial charge is 0.381 e. The van der Waals surface area contributed by atoms with Gasteiger partial charge in [0.05, 0.1) is 12.0 Å². The first kappa shape index (κ1) is 18.6. The lowest BCUT2D eigenvalue weighted by Gasteiger charge is -2.58. The number of aliphatic hydroxyl groups is 1. The van der Waals surface area contributed by atoms with Crippen LogP contribution in [0, 0.1) is 34.5 Å². The van der Waals surface area contributed by atoms with Crippen molar-refractivity contribution in [2.24, 2.45) is 34.5 Å². The fourth-order valence-corrected chi connectivity index (χ4v) is 8.74. The number of epoxide rings is 1. The van der Waals surface area contributed by atoms with Gasteiger partial charge in [-0.3, -0.25) is 9.59 Å². The van der Waals surface area contributed by atoms with Crippen LogP contribution in [0.4, 0.5) is 0 Å². The van der Waals surface area contributed by atoms with Crippen LogP contribution in [-0.4, -0.2) is 39.9 Å². The lowest BCUT2D eigenvalue weighted by molar-refractivity contribution is -0.166. The number of Topliss-reactive ketones (excluding diaryl/α,β-unsaturated/α-hetero) is 2. The van der Waals surface area contributed by atoms with Crippen molar-refractivity contribution in [1.29, 1.82) is 0 Å². The summed E-state index contributed by atoms with van der Waals surface area (Å²) < 4.78 is 6.55. The first-order chi connectivity index (χ1) is 12.6. The summed E-state index contributed by atoms with van der Waals surface area (Å²) in [6.07, 6.45) is 6.10. The number of alkyl halides is 1. The number of fused-ring (bicyclic) bond motifs is 3. The van der Waals surface area contributed by atoms with E-state index in [1.807, 2.05) is 6.92 Å². The van der Waals surface area contributed by atoms with Gasteiger partial charge >= 0.3 is 0 Å². The maximum atomic E-state index is 12.8. The van der Waals surface area contributed by atoms with E-state index in [0.29, 0.717) is 30.5 Å². The highest BCUT2D eigenvalue weighted by molar-refractivity contribution is 6.29. The van der Waals surface area contributed by atoms with Crippen LogP contribution in [0.15, 0.2) is 0 Å². The van der Waals surface area contributed by atoms with Gasteiger partial charge in [0.15, 0.2) is 5.78 Å². The van der Waals surface area contributed by atoms with E-state index >= 15 is 0 Å². The van der Waals surface area contributed by atoms with Gasteiger partial charge < -0.3 is 9.84 Å². The molecule has 5 rings (SSSR count). The Labute approximate surface area is 166 Å². The Morgan fingerprint density at radius 1 is 1.26 bits per heavy atom. The molecule has 27 heavy (non-hydrogen) atoms. The summed E-state index contributed by atoms with van der Waals surface area (Å²) in [6, 6.07) is 0. The van der Waals surface area contributed by atoms with Gasteiger partial charge in [0.2, 0.25) is 0 Å². The average molecular weight is 395 g/mol. The molecule has 1 aliphatic heterocycles. The zero-order valence-corrected chi connectivity index (χ0v) is 17.3.